The van der Waals surface area contributed by atoms with E-state index in [1.54, 1.807) is 21.6 Å². The molecule has 1 fully saturated rings. The molecule has 2 aliphatic rings. The van der Waals surface area contributed by atoms with Gasteiger partial charge < -0.3 is 40.1 Å². The smallest absolute Gasteiger partial charge is 0.331 e. The largest absolute Gasteiger partial charge is 0.455 e. The zero-order valence-corrected chi connectivity index (χ0v) is 42.3. The van der Waals surface area contributed by atoms with E-state index in [9.17, 15) is 24.3 Å². The summed E-state index contributed by atoms with van der Waals surface area (Å²) < 4.78 is 11.7. The van der Waals surface area contributed by atoms with Crippen LogP contribution in [-0.2, 0) is 54.1 Å². The lowest BCUT2D eigenvalue weighted by Gasteiger charge is -2.39. The number of nitrogens with one attached hydrogen (secondary N) is 3. The second-order valence-electron chi connectivity index (χ2n) is 15.1. The fraction of sp³-hybridized carbons (Fsp3) is 0.571. The van der Waals surface area contributed by atoms with Gasteiger partial charge in [-0.1, -0.05) is 119 Å². The monoisotopic (exact) mass is 961 g/mol. The third-order valence-electron chi connectivity index (χ3n) is 9.38. The maximum atomic E-state index is 13.0. The predicted octanol–water partition coefficient (Wildman–Crippen LogP) is 7.78. The Labute approximate surface area is 399 Å². The van der Waals surface area contributed by atoms with Crippen molar-refractivity contribution in [3.8, 4) is 12.3 Å². The molecule has 2 unspecified atom stereocenters. The van der Waals surface area contributed by atoms with E-state index in [0.717, 1.165) is 54.8 Å². The van der Waals surface area contributed by atoms with Crippen molar-refractivity contribution in [3.05, 3.63) is 84.2 Å². The average Bonchev–Trinajstić information content (AvgIpc) is 3.25. The number of ether oxygens (including phenoxy) is 2. The van der Waals surface area contributed by atoms with Crippen molar-refractivity contribution in [2.75, 3.05) is 36.1 Å². The van der Waals surface area contributed by atoms with E-state index in [1.807, 2.05) is 75.6 Å². The minimum Gasteiger partial charge on any atom is -0.455 e. The first-order valence-corrected chi connectivity index (χ1v) is 27.1. The number of amides is 2. The van der Waals surface area contributed by atoms with Gasteiger partial charge in [-0.25, -0.2) is 4.79 Å². The van der Waals surface area contributed by atoms with Crippen molar-refractivity contribution >= 4 is 72.6 Å². The van der Waals surface area contributed by atoms with Crippen LogP contribution in [0, 0.1) is 24.2 Å². The van der Waals surface area contributed by atoms with Crippen LogP contribution in [-0.4, -0.2) is 102 Å². The van der Waals surface area contributed by atoms with E-state index in [1.165, 1.54) is 18.6 Å². The number of carbonyl (C=O) groups excluding carboxylic acids is 5. The first kappa shape index (κ1) is 60.5. The molecule has 2 heterocycles. The Balaban J connectivity index is 0.00000210. The van der Waals surface area contributed by atoms with Gasteiger partial charge in [0.05, 0.1) is 24.4 Å². The molecule has 11 nitrogen and oxygen atoms in total. The zero-order chi connectivity index (χ0) is 48.0. The number of hydrogen-bond acceptors (Lipinski definition) is 12. The van der Waals surface area contributed by atoms with Crippen molar-refractivity contribution in [1.82, 2.24) is 16.0 Å². The van der Waals surface area contributed by atoms with Crippen molar-refractivity contribution in [2.24, 2.45) is 11.8 Å². The van der Waals surface area contributed by atoms with Crippen molar-refractivity contribution in [3.63, 3.8) is 0 Å². The number of aldehydes is 2. The van der Waals surface area contributed by atoms with Crippen molar-refractivity contribution in [1.29, 1.82) is 0 Å². The molecule has 0 aromatic heterocycles. The van der Waals surface area contributed by atoms with Crippen molar-refractivity contribution in [2.45, 2.75) is 130 Å². The van der Waals surface area contributed by atoms with Crippen LogP contribution in [0.4, 0.5) is 0 Å². The van der Waals surface area contributed by atoms with E-state index in [-0.39, 0.29) is 51.5 Å². The molecule has 0 aromatic rings. The molecule has 8 atom stereocenters. The molecule has 0 aliphatic carbocycles. The summed E-state index contributed by atoms with van der Waals surface area (Å²) in [5.41, 5.74) is 2.30. The minimum absolute atomic E-state index is 0.0437. The van der Waals surface area contributed by atoms with Crippen LogP contribution >= 0.6 is 21.6 Å². The topological polar surface area (TPSA) is 160 Å². The normalized spacial score (nSPS) is 21.5. The predicted molar refractivity (Wildman–Crippen MR) is 273 cm³/mol. The number of cyclic esters (lactones) is 1. The number of hydrogen-bond donors (Lipinski definition) is 4. The number of rotatable bonds is 27. The minimum atomic E-state index is -0.541. The summed E-state index contributed by atoms with van der Waals surface area (Å²) in [6, 6.07) is -0.402. The zero-order valence-electron chi connectivity index (χ0n) is 39.0. The third-order valence-corrected chi connectivity index (χ3v) is 14.3. The third kappa shape index (κ3) is 32.2. The highest BCUT2D eigenvalue weighted by atomic mass is 33.1. The second kappa shape index (κ2) is 39.8. The molecule has 2 amide bonds. The second-order valence-corrected chi connectivity index (χ2v) is 21.1. The van der Waals surface area contributed by atoms with Gasteiger partial charge in [0.15, 0.2) is 0 Å². The Morgan fingerprint density at radius 2 is 1.84 bits per heavy atom. The number of aliphatic hydroxyl groups is 1. The van der Waals surface area contributed by atoms with Crippen molar-refractivity contribution < 1.29 is 38.6 Å². The van der Waals surface area contributed by atoms with Crippen LogP contribution in [0.15, 0.2) is 84.2 Å². The molecular weight excluding hydrogens is 887 g/mol. The average molecular weight is 962 g/mol. The first-order chi connectivity index (χ1) is 30.7. The molecule has 64 heavy (non-hydrogen) atoms. The number of allylic oxidation sites excluding steroid dienone is 8. The molecule has 2 aliphatic heterocycles. The lowest BCUT2D eigenvalue weighted by molar-refractivity contribution is -0.141. The lowest BCUT2D eigenvalue weighted by Crippen LogP contribution is -2.51. The van der Waals surface area contributed by atoms with Gasteiger partial charge in [0.25, 0.3) is 0 Å². The number of carbonyl (C=O) groups is 5. The molecule has 0 saturated carbocycles. The summed E-state index contributed by atoms with van der Waals surface area (Å²) in [5, 5.41) is 20.0. The molecule has 4 N–H and O–H groups in total. The summed E-state index contributed by atoms with van der Waals surface area (Å²) in [4.78, 5) is 54.9. The highest BCUT2D eigenvalue weighted by Crippen LogP contribution is 2.29. The Kier molecular flexibility index (Phi) is 37.6. The SMILES string of the molecule is C#CCCC(=O)NCCSSCCC(=O)N[C@H](/C=C/C=C(\C)CC(C)/C=C(C)\C=C\[C@H]1CC=CC(=O)O1)[C@@H]1C[C@@H](O)[C@H](C)[C@H](/C=C/C)O1.CC=O.CCS(=S)CCN/C=C/CCC=O. The molecule has 0 spiro atoms. The van der Waals surface area contributed by atoms with Crippen LogP contribution in [0.1, 0.15) is 99.8 Å². The summed E-state index contributed by atoms with van der Waals surface area (Å²) in [6.07, 6.45) is 33.2. The van der Waals surface area contributed by atoms with Gasteiger partial charge in [-0.05, 0) is 64.5 Å². The van der Waals surface area contributed by atoms with Crippen LogP contribution in [0.5, 0.6) is 0 Å². The van der Waals surface area contributed by atoms with Gasteiger partial charge in [0, 0.05) is 80.9 Å². The highest BCUT2D eigenvalue weighted by molar-refractivity contribution is 8.76. The molecule has 0 bridgehead atoms. The number of terminal acetylenes is 1. The molecular formula is C49H75N3O8S4. The van der Waals surface area contributed by atoms with Gasteiger partial charge in [-0.15, -0.1) is 21.8 Å². The quantitative estimate of drug-likeness (QED) is 0.0121. The van der Waals surface area contributed by atoms with Gasteiger partial charge in [0.1, 0.15) is 18.7 Å². The molecule has 1 saturated heterocycles. The molecule has 358 valence electrons. The number of unbranched alkanes of at least 4 members (excludes halogenated alkanes) is 1. The summed E-state index contributed by atoms with van der Waals surface area (Å²) >= 11 is 5.18. The van der Waals surface area contributed by atoms with E-state index < -0.39 is 12.1 Å². The van der Waals surface area contributed by atoms with Crippen LogP contribution < -0.4 is 16.0 Å². The van der Waals surface area contributed by atoms with Gasteiger partial charge in [-0.2, -0.15) is 0 Å². The van der Waals surface area contributed by atoms with Gasteiger partial charge in [-0.3, -0.25) is 9.59 Å². The fourth-order valence-corrected chi connectivity index (χ4v) is 8.88. The maximum Gasteiger partial charge on any atom is 0.331 e. The fourth-order valence-electron chi connectivity index (χ4n) is 6.10. The molecule has 2 rings (SSSR count). The highest BCUT2D eigenvalue weighted by Gasteiger charge is 2.37. The van der Waals surface area contributed by atoms with Gasteiger partial charge >= 0.3 is 5.97 Å². The maximum absolute atomic E-state index is 13.0. The Bertz CT molecular complexity index is 1650. The van der Waals surface area contributed by atoms with E-state index in [4.69, 9.17) is 31.9 Å². The molecule has 0 aromatic carbocycles. The summed E-state index contributed by atoms with van der Waals surface area (Å²) in [5.74, 6) is 5.80. The molecule has 0 radical (unpaired) electrons. The standard InChI is InChI=1S/C38H54N2O6S2.C9H17NOS2.C2H4O/c1-7-9-16-36(42)39-21-23-48-47-22-20-37(43)40-32(35-26-33(41)30(6)34(46-35)12-8-2)15-10-13-27(3)24-29(5)25-28(4)18-19-31-14-11-17-38(44)45-31;1-2-13(12)9-7-10-6-4-3-5-8-11;1-2-3/h1,8,10-13,15,17-19,25,29-35,41H,9,14,16,20-24,26H2,2-6H3,(H,39,42)(H,40,43);4,6,8,10H,2-3,5,7,9H2,1H3;2H,1H3/b12-8+,15-10+,19-18+,27-13+,28-25-;6-4+;/t29?,30-,31+,32+,33+,34-,35-;;/m0../s1. The van der Waals surface area contributed by atoms with Gasteiger partial charge in [0.2, 0.25) is 11.8 Å². The summed E-state index contributed by atoms with van der Waals surface area (Å²) in [7, 11) is 3.36. The van der Waals surface area contributed by atoms with Crippen LogP contribution in [0.3, 0.4) is 0 Å². The van der Waals surface area contributed by atoms with Crippen LogP contribution in [0.2, 0.25) is 0 Å². The van der Waals surface area contributed by atoms with E-state index in [2.05, 4.69) is 54.8 Å². The van der Waals surface area contributed by atoms with E-state index in [0.29, 0.717) is 56.7 Å². The summed E-state index contributed by atoms with van der Waals surface area (Å²) in [6.45, 7) is 15.3. The lowest BCUT2D eigenvalue weighted by atomic mass is 9.87. The first-order valence-electron chi connectivity index (χ1n) is 22.1. The Morgan fingerprint density at radius 1 is 1.11 bits per heavy atom. The van der Waals surface area contributed by atoms with Crippen LogP contribution in [0.25, 0.3) is 0 Å². The number of aliphatic hydroxyl groups excluding tert-OH is 1. The number of esters is 1. The van der Waals surface area contributed by atoms with E-state index >= 15 is 0 Å². The Morgan fingerprint density at radius 3 is 2.52 bits per heavy atom. The Hall–Kier alpha value is -3.52. The molecule has 15 heteroatoms.